The first-order valence-corrected chi connectivity index (χ1v) is 14.1. The fourth-order valence-electron chi connectivity index (χ4n) is 3.46. The lowest BCUT2D eigenvalue weighted by Gasteiger charge is -2.15. The van der Waals surface area contributed by atoms with E-state index >= 15 is 0 Å². The van der Waals surface area contributed by atoms with E-state index in [1.807, 2.05) is 0 Å². The number of ether oxygens (including phenoxy) is 2. The Morgan fingerprint density at radius 1 is 1.13 bits per heavy atom. The van der Waals surface area contributed by atoms with Crippen molar-refractivity contribution in [3.05, 3.63) is 64.5 Å². The molecule has 3 aromatic rings. The van der Waals surface area contributed by atoms with Crippen molar-refractivity contribution in [3.63, 3.8) is 0 Å². The Hall–Kier alpha value is -3.20. The predicted octanol–water partition coefficient (Wildman–Crippen LogP) is 4.71. The van der Waals surface area contributed by atoms with Gasteiger partial charge < -0.3 is 15.2 Å². The molecule has 14 heteroatoms. The van der Waals surface area contributed by atoms with Crippen LogP contribution in [-0.4, -0.2) is 45.2 Å². The standard InChI is InChI=1S/C24H21F3N2O6S3/c1-13-5-3-7-15(11-34-12-19(30)35-23(31)24(25,26)27)20(13)14-6-4-8-16(9-14)38(32,33)18-10-17(21(28)29)37-22(18)36-2/h3-10H,11-12H2,1-2H3,(H3,28,29). The van der Waals surface area contributed by atoms with Gasteiger partial charge in [-0.05, 0) is 53.6 Å². The smallest absolute Gasteiger partial charge is 0.385 e. The third-order valence-electron chi connectivity index (χ3n) is 5.11. The average molecular weight is 587 g/mol. The quantitative estimate of drug-likeness (QED) is 0.121. The molecule has 2 aromatic carbocycles. The number of carbonyl (C=O) groups excluding carboxylic acids is 2. The van der Waals surface area contributed by atoms with Crippen LogP contribution in [0.4, 0.5) is 13.2 Å². The van der Waals surface area contributed by atoms with E-state index in [0.717, 1.165) is 16.9 Å². The number of rotatable bonds is 9. The van der Waals surface area contributed by atoms with Gasteiger partial charge in [0.05, 0.1) is 25.5 Å². The van der Waals surface area contributed by atoms with E-state index in [4.69, 9.17) is 15.9 Å². The van der Waals surface area contributed by atoms with E-state index in [9.17, 15) is 31.2 Å². The summed E-state index contributed by atoms with van der Waals surface area (Å²) in [6.45, 7) is 0.643. The van der Waals surface area contributed by atoms with Crippen molar-refractivity contribution in [2.75, 3.05) is 12.9 Å². The number of nitrogens with one attached hydrogen (secondary N) is 1. The minimum Gasteiger partial charge on any atom is -0.385 e. The normalized spacial score (nSPS) is 11.8. The molecule has 38 heavy (non-hydrogen) atoms. The number of hydrogen-bond acceptors (Lipinski definition) is 9. The average Bonchev–Trinajstić information content (AvgIpc) is 3.29. The van der Waals surface area contributed by atoms with Crippen LogP contribution in [0.15, 0.2) is 62.5 Å². The molecule has 0 saturated carbocycles. The highest BCUT2D eigenvalue weighted by molar-refractivity contribution is 8.01. The molecule has 0 fully saturated rings. The predicted molar refractivity (Wildman–Crippen MR) is 136 cm³/mol. The highest BCUT2D eigenvalue weighted by atomic mass is 32.2. The van der Waals surface area contributed by atoms with Gasteiger partial charge in [0, 0.05) is 0 Å². The Morgan fingerprint density at radius 3 is 2.45 bits per heavy atom. The first-order chi connectivity index (χ1) is 17.8. The zero-order valence-corrected chi connectivity index (χ0v) is 22.4. The summed E-state index contributed by atoms with van der Waals surface area (Å²) in [5, 5.41) is 7.64. The maximum Gasteiger partial charge on any atom is 0.491 e. The molecular weight excluding hydrogens is 565 g/mol. The van der Waals surface area contributed by atoms with Crippen LogP contribution in [0, 0.1) is 12.3 Å². The molecule has 8 nitrogen and oxygen atoms in total. The number of aryl methyl sites for hydroxylation is 1. The van der Waals surface area contributed by atoms with Crippen LogP contribution >= 0.6 is 23.1 Å². The molecule has 0 aliphatic rings. The molecule has 0 bridgehead atoms. The Morgan fingerprint density at radius 2 is 1.82 bits per heavy atom. The van der Waals surface area contributed by atoms with Crippen molar-refractivity contribution in [1.82, 2.24) is 0 Å². The van der Waals surface area contributed by atoms with Gasteiger partial charge in [-0.2, -0.15) is 13.2 Å². The lowest BCUT2D eigenvalue weighted by Crippen LogP contribution is -2.29. The number of sulfone groups is 1. The second-order valence-electron chi connectivity index (χ2n) is 7.77. The monoisotopic (exact) mass is 586 g/mol. The van der Waals surface area contributed by atoms with Crippen LogP contribution in [0.5, 0.6) is 0 Å². The molecule has 0 saturated heterocycles. The zero-order chi connectivity index (χ0) is 28.3. The molecule has 0 aliphatic carbocycles. The van der Waals surface area contributed by atoms with Gasteiger partial charge in [0.25, 0.3) is 0 Å². The summed E-state index contributed by atoms with van der Waals surface area (Å²) in [6.07, 6.45) is -3.59. The minimum absolute atomic E-state index is 0.00237. The number of alkyl halides is 3. The molecule has 3 N–H and O–H groups in total. The van der Waals surface area contributed by atoms with Gasteiger partial charge in [0.15, 0.2) is 0 Å². The number of benzene rings is 2. The fourth-order valence-corrected chi connectivity index (χ4v) is 7.37. The number of hydrogen-bond donors (Lipinski definition) is 2. The van der Waals surface area contributed by atoms with Crippen LogP contribution in [-0.2, 0) is 35.5 Å². The van der Waals surface area contributed by atoms with E-state index in [-0.39, 0.29) is 22.2 Å². The molecule has 1 heterocycles. The number of nitrogens with two attached hydrogens (primary N) is 1. The number of nitrogen functional groups attached to an aromatic ring is 1. The van der Waals surface area contributed by atoms with E-state index < -0.39 is 34.6 Å². The highest BCUT2D eigenvalue weighted by Crippen LogP contribution is 2.38. The Kier molecular flexibility index (Phi) is 9.02. The second kappa shape index (κ2) is 11.7. The van der Waals surface area contributed by atoms with Crippen LogP contribution < -0.4 is 5.73 Å². The van der Waals surface area contributed by atoms with Crippen molar-refractivity contribution in [2.45, 2.75) is 33.7 Å². The molecule has 202 valence electrons. The van der Waals surface area contributed by atoms with Crippen molar-refractivity contribution >= 4 is 50.7 Å². The molecule has 0 spiro atoms. The SMILES string of the molecule is CSc1sc(C(=N)N)cc1S(=O)(=O)c1cccc(-c2c(C)cccc2COCC(=O)OC(=O)C(F)(F)F)c1. The van der Waals surface area contributed by atoms with Gasteiger partial charge in [0.2, 0.25) is 9.84 Å². The van der Waals surface area contributed by atoms with Crippen LogP contribution in [0.3, 0.4) is 0 Å². The van der Waals surface area contributed by atoms with E-state index in [0.29, 0.717) is 25.8 Å². The van der Waals surface area contributed by atoms with E-state index in [1.54, 1.807) is 43.5 Å². The third kappa shape index (κ3) is 6.62. The number of halogens is 3. The molecular formula is C24H21F3N2O6S3. The van der Waals surface area contributed by atoms with E-state index in [2.05, 4.69) is 4.74 Å². The summed E-state index contributed by atoms with van der Waals surface area (Å²) in [5.74, 6) is -4.37. The summed E-state index contributed by atoms with van der Waals surface area (Å²) < 4.78 is 73.2. The van der Waals surface area contributed by atoms with Gasteiger partial charge in [-0.15, -0.1) is 23.1 Å². The maximum absolute atomic E-state index is 13.5. The number of amidine groups is 1. The molecule has 0 amide bonds. The first-order valence-electron chi connectivity index (χ1n) is 10.6. The van der Waals surface area contributed by atoms with Gasteiger partial charge >= 0.3 is 18.1 Å². The Labute approximate surface area is 224 Å². The summed E-state index contributed by atoms with van der Waals surface area (Å²) in [6, 6.07) is 12.7. The molecule has 0 unspecified atom stereocenters. The van der Waals surface area contributed by atoms with Crippen LogP contribution in [0.2, 0.25) is 0 Å². The number of thiophene rings is 1. The Balaban J connectivity index is 1.89. The summed E-state index contributed by atoms with van der Waals surface area (Å²) in [7, 11) is -3.98. The lowest BCUT2D eigenvalue weighted by molar-refractivity contribution is -0.203. The molecule has 0 atom stereocenters. The van der Waals surface area contributed by atoms with Gasteiger partial charge in [-0.3, -0.25) is 5.41 Å². The number of carbonyl (C=O) groups is 2. The molecule has 0 aliphatic heterocycles. The zero-order valence-electron chi connectivity index (χ0n) is 19.9. The van der Waals surface area contributed by atoms with Crippen molar-refractivity contribution in [3.8, 4) is 11.1 Å². The summed E-state index contributed by atoms with van der Waals surface area (Å²) in [4.78, 5) is 22.7. The van der Waals surface area contributed by atoms with Crippen molar-refractivity contribution in [2.24, 2.45) is 5.73 Å². The van der Waals surface area contributed by atoms with Gasteiger partial charge in [-0.1, -0.05) is 30.3 Å². The molecule has 0 radical (unpaired) electrons. The first kappa shape index (κ1) is 29.4. The van der Waals surface area contributed by atoms with Gasteiger partial charge in [-0.25, -0.2) is 18.0 Å². The van der Waals surface area contributed by atoms with E-state index in [1.165, 1.54) is 30.0 Å². The van der Waals surface area contributed by atoms with Crippen LogP contribution in [0.25, 0.3) is 11.1 Å². The third-order valence-corrected chi connectivity index (χ3v) is 9.45. The topological polar surface area (TPSA) is 137 Å². The fraction of sp³-hybridized carbons (Fsp3) is 0.208. The highest BCUT2D eigenvalue weighted by Gasteiger charge is 2.42. The summed E-state index contributed by atoms with van der Waals surface area (Å²) in [5.41, 5.74) is 7.94. The van der Waals surface area contributed by atoms with Crippen LogP contribution in [0.1, 0.15) is 16.0 Å². The largest absolute Gasteiger partial charge is 0.491 e. The lowest BCUT2D eigenvalue weighted by atomic mass is 9.95. The Bertz CT molecular complexity index is 1500. The van der Waals surface area contributed by atoms with Gasteiger partial charge in [0.1, 0.15) is 12.4 Å². The molecule has 3 rings (SSSR count). The van der Waals surface area contributed by atoms with Crippen molar-refractivity contribution in [1.29, 1.82) is 5.41 Å². The maximum atomic E-state index is 13.5. The number of esters is 2. The number of thioether (sulfide) groups is 1. The summed E-state index contributed by atoms with van der Waals surface area (Å²) >= 11 is 2.33. The minimum atomic E-state index is -5.31. The molecule has 1 aromatic heterocycles. The van der Waals surface area contributed by atoms with Crippen molar-refractivity contribution < 1.29 is 40.7 Å². The second-order valence-corrected chi connectivity index (χ2v) is 11.8.